The highest BCUT2D eigenvalue weighted by Gasteiger charge is 2.30. The van der Waals surface area contributed by atoms with Crippen LogP contribution in [0.2, 0.25) is 0 Å². The number of aryl methyl sites for hydroxylation is 1. The Balaban J connectivity index is 1.68. The van der Waals surface area contributed by atoms with Gasteiger partial charge in [-0.15, -0.1) is 0 Å². The molecule has 3 rings (SSSR count). The normalized spacial score (nSPS) is 14.4. The summed E-state index contributed by atoms with van der Waals surface area (Å²) in [6.07, 6.45) is 3.92. The number of methoxy groups -OCH3 is 1. The van der Waals surface area contributed by atoms with Gasteiger partial charge in [0, 0.05) is 19.2 Å². The predicted octanol–water partition coefficient (Wildman–Crippen LogP) is 4.49. The molecule has 0 N–H and O–H groups in total. The Morgan fingerprint density at radius 3 is 2.47 bits per heavy atom. The number of benzene rings is 2. The summed E-state index contributed by atoms with van der Waals surface area (Å²) >= 11 is 0. The topological polar surface area (TPSA) is 81.9 Å². The van der Waals surface area contributed by atoms with Crippen LogP contribution in [-0.2, 0) is 6.42 Å². The maximum Gasteiger partial charge on any atom is 0.286 e. The molecule has 2 aromatic rings. The minimum atomic E-state index is -0.544. The number of hydrogen-bond acceptors (Lipinski definition) is 5. The van der Waals surface area contributed by atoms with E-state index >= 15 is 0 Å². The van der Waals surface area contributed by atoms with Crippen LogP contribution in [0.5, 0.6) is 11.5 Å². The van der Waals surface area contributed by atoms with E-state index in [2.05, 4.69) is 24.3 Å². The van der Waals surface area contributed by atoms with Crippen molar-refractivity contribution in [3.05, 3.63) is 63.7 Å². The zero-order valence-electron chi connectivity index (χ0n) is 17.5. The lowest BCUT2D eigenvalue weighted by Crippen LogP contribution is -2.38. The molecule has 0 unspecified atom stereocenters. The molecule has 1 heterocycles. The lowest BCUT2D eigenvalue weighted by molar-refractivity contribution is -0.385. The first kappa shape index (κ1) is 21.6. The fraction of sp³-hybridized carbons (Fsp3) is 0.435. The average Bonchev–Trinajstić information content (AvgIpc) is 2.78. The van der Waals surface area contributed by atoms with E-state index in [0.717, 1.165) is 25.7 Å². The van der Waals surface area contributed by atoms with Crippen molar-refractivity contribution >= 4 is 11.6 Å². The molecule has 7 heteroatoms. The minimum Gasteiger partial charge on any atom is -0.493 e. The van der Waals surface area contributed by atoms with E-state index in [-0.39, 0.29) is 22.9 Å². The maximum atomic E-state index is 13.1. The number of carbonyl (C=O) groups excluding carboxylic acids is 1. The number of rotatable bonds is 8. The van der Waals surface area contributed by atoms with Gasteiger partial charge < -0.3 is 14.4 Å². The molecule has 30 heavy (non-hydrogen) atoms. The Morgan fingerprint density at radius 1 is 1.17 bits per heavy atom. The van der Waals surface area contributed by atoms with Gasteiger partial charge in [0.05, 0.1) is 24.7 Å². The van der Waals surface area contributed by atoms with Crippen molar-refractivity contribution in [2.75, 3.05) is 26.8 Å². The average molecular weight is 412 g/mol. The number of nitrogens with zero attached hydrogens (tertiary/aromatic N) is 2. The summed E-state index contributed by atoms with van der Waals surface area (Å²) in [5, 5.41) is 11.6. The predicted molar refractivity (Wildman–Crippen MR) is 114 cm³/mol. The SMILES string of the molecule is CCOc1cc(C(=O)N2CCC(CCc3ccccc3)CC2)c([N+](=O)[O-])cc1OC. The van der Waals surface area contributed by atoms with Crippen LogP contribution < -0.4 is 9.47 Å². The number of nitro benzene ring substituents is 1. The van der Waals surface area contributed by atoms with Crippen LogP contribution in [0.3, 0.4) is 0 Å². The van der Waals surface area contributed by atoms with E-state index in [1.165, 1.54) is 24.8 Å². The van der Waals surface area contributed by atoms with E-state index in [1.54, 1.807) is 4.90 Å². The summed E-state index contributed by atoms with van der Waals surface area (Å²) < 4.78 is 10.7. The Morgan fingerprint density at radius 2 is 1.87 bits per heavy atom. The second-order valence-electron chi connectivity index (χ2n) is 7.47. The minimum absolute atomic E-state index is 0.0481. The van der Waals surface area contributed by atoms with Crippen molar-refractivity contribution in [1.29, 1.82) is 0 Å². The number of nitro groups is 1. The van der Waals surface area contributed by atoms with E-state index in [1.807, 2.05) is 13.0 Å². The third-order valence-corrected chi connectivity index (χ3v) is 5.59. The van der Waals surface area contributed by atoms with Crippen LogP contribution >= 0.6 is 0 Å². The van der Waals surface area contributed by atoms with Gasteiger partial charge in [-0.25, -0.2) is 0 Å². The largest absolute Gasteiger partial charge is 0.493 e. The molecule has 0 aromatic heterocycles. The number of hydrogen-bond donors (Lipinski definition) is 0. The van der Waals surface area contributed by atoms with E-state index < -0.39 is 4.92 Å². The van der Waals surface area contributed by atoms with Gasteiger partial charge in [0.2, 0.25) is 0 Å². The van der Waals surface area contributed by atoms with Crippen molar-refractivity contribution in [2.24, 2.45) is 5.92 Å². The molecule has 1 aliphatic heterocycles. The molecule has 0 radical (unpaired) electrons. The smallest absolute Gasteiger partial charge is 0.286 e. The maximum absolute atomic E-state index is 13.1. The molecule has 7 nitrogen and oxygen atoms in total. The van der Waals surface area contributed by atoms with E-state index in [0.29, 0.717) is 31.4 Å². The zero-order valence-corrected chi connectivity index (χ0v) is 17.5. The van der Waals surface area contributed by atoms with E-state index in [9.17, 15) is 14.9 Å². The van der Waals surface area contributed by atoms with Gasteiger partial charge in [-0.3, -0.25) is 14.9 Å². The molecular formula is C23H28N2O5. The molecule has 0 aliphatic carbocycles. The lowest BCUT2D eigenvalue weighted by atomic mass is 9.90. The Hall–Kier alpha value is -3.09. The Labute approximate surface area is 176 Å². The third kappa shape index (κ3) is 5.09. The summed E-state index contributed by atoms with van der Waals surface area (Å²) in [7, 11) is 1.42. The summed E-state index contributed by atoms with van der Waals surface area (Å²) in [6.45, 7) is 3.38. The number of carbonyl (C=O) groups is 1. The van der Waals surface area contributed by atoms with Crippen LogP contribution in [0.25, 0.3) is 0 Å². The molecule has 0 bridgehead atoms. The second kappa shape index (κ2) is 10.1. The van der Waals surface area contributed by atoms with Crippen LogP contribution in [0, 0.1) is 16.0 Å². The van der Waals surface area contributed by atoms with E-state index in [4.69, 9.17) is 9.47 Å². The molecule has 1 amide bonds. The third-order valence-electron chi connectivity index (χ3n) is 5.59. The fourth-order valence-corrected chi connectivity index (χ4v) is 3.91. The van der Waals surface area contributed by atoms with Gasteiger partial charge in [-0.05, 0) is 44.1 Å². The molecule has 2 aromatic carbocycles. The molecule has 1 fully saturated rings. The summed E-state index contributed by atoms with van der Waals surface area (Å²) in [5.74, 6) is 0.817. The second-order valence-corrected chi connectivity index (χ2v) is 7.47. The number of piperidine rings is 1. The van der Waals surface area contributed by atoms with Crippen LogP contribution in [0.1, 0.15) is 42.1 Å². The first-order valence-electron chi connectivity index (χ1n) is 10.4. The molecule has 0 saturated carbocycles. The van der Waals surface area contributed by atoms with Crippen molar-refractivity contribution in [1.82, 2.24) is 4.90 Å². The molecule has 160 valence electrons. The highest BCUT2D eigenvalue weighted by atomic mass is 16.6. The fourth-order valence-electron chi connectivity index (χ4n) is 3.91. The van der Waals surface area contributed by atoms with Crippen LogP contribution in [0.15, 0.2) is 42.5 Å². The highest BCUT2D eigenvalue weighted by molar-refractivity contribution is 5.99. The Bertz CT molecular complexity index is 877. The highest BCUT2D eigenvalue weighted by Crippen LogP contribution is 2.36. The zero-order chi connectivity index (χ0) is 21.5. The molecular weight excluding hydrogens is 384 g/mol. The van der Waals surface area contributed by atoms with Crippen molar-refractivity contribution < 1.29 is 19.2 Å². The van der Waals surface area contributed by atoms with Gasteiger partial charge in [0.25, 0.3) is 11.6 Å². The lowest BCUT2D eigenvalue weighted by Gasteiger charge is -2.32. The first-order chi connectivity index (χ1) is 14.5. The summed E-state index contributed by atoms with van der Waals surface area (Å²) in [5.41, 5.74) is 1.12. The number of likely N-dealkylation sites (tertiary alicyclic amines) is 1. The number of ether oxygens (including phenoxy) is 2. The van der Waals surface area contributed by atoms with Crippen LogP contribution in [-0.4, -0.2) is 42.5 Å². The molecule has 0 spiro atoms. The van der Waals surface area contributed by atoms with Gasteiger partial charge in [-0.1, -0.05) is 30.3 Å². The summed E-state index contributed by atoms with van der Waals surface area (Å²) in [6, 6.07) is 13.1. The molecule has 0 atom stereocenters. The van der Waals surface area contributed by atoms with Gasteiger partial charge in [0.1, 0.15) is 5.56 Å². The van der Waals surface area contributed by atoms with Gasteiger partial charge >= 0.3 is 0 Å². The molecule has 1 aliphatic rings. The monoisotopic (exact) mass is 412 g/mol. The molecule has 1 saturated heterocycles. The first-order valence-corrected chi connectivity index (χ1v) is 10.4. The quantitative estimate of drug-likeness (QED) is 0.471. The summed E-state index contributed by atoms with van der Waals surface area (Å²) in [4.78, 5) is 25.8. The van der Waals surface area contributed by atoms with Gasteiger partial charge in [-0.2, -0.15) is 0 Å². The number of amides is 1. The van der Waals surface area contributed by atoms with Crippen molar-refractivity contribution in [3.63, 3.8) is 0 Å². The standard InChI is InChI=1S/C23H28N2O5/c1-3-30-22-15-19(20(25(27)28)16-21(22)29-2)23(26)24-13-11-18(12-14-24)10-9-17-7-5-4-6-8-17/h4-8,15-16,18H,3,9-14H2,1-2H3. The Kier molecular flexibility index (Phi) is 7.27. The van der Waals surface area contributed by atoms with Crippen molar-refractivity contribution in [2.45, 2.75) is 32.6 Å². The van der Waals surface area contributed by atoms with Crippen molar-refractivity contribution in [3.8, 4) is 11.5 Å². The van der Waals surface area contributed by atoms with Crippen LogP contribution in [0.4, 0.5) is 5.69 Å². The van der Waals surface area contributed by atoms with Gasteiger partial charge in [0.15, 0.2) is 11.5 Å².